The Kier molecular flexibility index (Phi) is 6.77. The van der Waals surface area contributed by atoms with Crippen LogP contribution in [0.15, 0.2) is 24.3 Å². The molecule has 0 radical (unpaired) electrons. The summed E-state index contributed by atoms with van der Waals surface area (Å²) in [5.41, 5.74) is 2.85. The lowest BCUT2D eigenvalue weighted by Gasteiger charge is -2.45. The van der Waals surface area contributed by atoms with Crippen LogP contribution >= 0.6 is 0 Å². The second-order valence-corrected chi connectivity index (χ2v) is 9.92. The van der Waals surface area contributed by atoms with E-state index in [1.165, 1.54) is 69.7 Å². The van der Waals surface area contributed by atoms with Gasteiger partial charge in [-0.05, 0) is 55.7 Å². The van der Waals surface area contributed by atoms with Gasteiger partial charge in [-0.3, -0.25) is 9.59 Å². The van der Waals surface area contributed by atoms with Crippen molar-refractivity contribution in [3.63, 3.8) is 0 Å². The van der Waals surface area contributed by atoms with E-state index < -0.39 is 0 Å². The Morgan fingerprint density at radius 2 is 1.87 bits per heavy atom. The molecule has 1 N–H and O–H groups in total. The third-order valence-corrected chi connectivity index (χ3v) is 7.37. The summed E-state index contributed by atoms with van der Waals surface area (Å²) in [4.78, 5) is 29.1. The van der Waals surface area contributed by atoms with Crippen LogP contribution in [0.5, 0.6) is 0 Å². The molecule has 4 rings (SSSR count). The summed E-state index contributed by atoms with van der Waals surface area (Å²) in [5.74, 6) is 0.955. The van der Waals surface area contributed by atoms with E-state index >= 15 is 0 Å². The van der Waals surface area contributed by atoms with Crippen LogP contribution < -0.4 is 5.32 Å². The third-order valence-electron chi connectivity index (χ3n) is 7.37. The van der Waals surface area contributed by atoms with Crippen molar-refractivity contribution in [3.05, 3.63) is 35.4 Å². The molecular weight excluding hydrogens is 374 g/mol. The fraction of sp³-hybridized carbons (Fsp3) is 0.680. The van der Waals surface area contributed by atoms with E-state index in [0.29, 0.717) is 19.5 Å². The largest absolute Gasteiger partial charge is 0.356 e. The number of nitrogens with zero attached hydrogens (tertiary/aromatic N) is 2. The Bertz CT molecular complexity index is 759. The second-order valence-electron chi connectivity index (χ2n) is 9.92. The van der Waals surface area contributed by atoms with Crippen LogP contribution in [0.3, 0.4) is 0 Å². The van der Waals surface area contributed by atoms with Gasteiger partial charge in [0.05, 0.1) is 0 Å². The van der Waals surface area contributed by atoms with Crippen molar-refractivity contribution in [2.45, 2.75) is 64.8 Å². The van der Waals surface area contributed by atoms with Gasteiger partial charge in [0.25, 0.3) is 0 Å². The fourth-order valence-corrected chi connectivity index (χ4v) is 5.99. The molecule has 1 aliphatic carbocycles. The molecule has 1 saturated heterocycles. The van der Waals surface area contributed by atoms with E-state index in [-0.39, 0.29) is 17.2 Å². The number of carbonyl (C=O) groups is 2. The minimum atomic E-state index is -0.0738. The SMILES string of the molecule is CC(=O)NCCC(=O)N1Cc2ccccc2CC2(CCCN(CC3CCCC3)C2)C1. The zero-order chi connectivity index (χ0) is 21.0. The molecule has 1 aromatic rings. The lowest BCUT2D eigenvalue weighted by atomic mass is 9.74. The number of hydrogen-bond donors (Lipinski definition) is 1. The highest BCUT2D eigenvalue weighted by atomic mass is 16.2. The lowest BCUT2D eigenvalue weighted by Crippen LogP contribution is -2.51. The Labute approximate surface area is 181 Å². The van der Waals surface area contributed by atoms with E-state index in [0.717, 1.165) is 25.4 Å². The molecule has 30 heavy (non-hydrogen) atoms. The molecule has 164 valence electrons. The highest BCUT2D eigenvalue weighted by molar-refractivity contribution is 5.78. The van der Waals surface area contributed by atoms with Crippen LogP contribution in [0.2, 0.25) is 0 Å². The summed E-state index contributed by atoms with van der Waals surface area (Å²) in [6, 6.07) is 8.67. The Hall–Kier alpha value is -1.88. The predicted molar refractivity (Wildman–Crippen MR) is 119 cm³/mol. The minimum Gasteiger partial charge on any atom is -0.356 e. The van der Waals surface area contributed by atoms with Crippen LogP contribution in [0.1, 0.15) is 63.0 Å². The van der Waals surface area contributed by atoms with Crippen molar-refractivity contribution >= 4 is 11.8 Å². The molecule has 2 fully saturated rings. The lowest BCUT2D eigenvalue weighted by molar-refractivity contribution is -0.134. The van der Waals surface area contributed by atoms with Crippen LogP contribution in [0.25, 0.3) is 0 Å². The first-order chi connectivity index (χ1) is 14.5. The normalized spacial score (nSPS) is 25.2. The molecular formula is C25H37N3O2. The van der Waals surface area contributed by atoms with Crippen LogP contribution in [0, 0.1) is 11.3 Å². The predicted octanol–water partition coefficient (Wildman–Crippen LogP) is 3.37. The minimum absolute atomic E-state index is 0.0738. The van der Waals surface area contributed by atoms with Crippen molar-refractivity contribution < 1.29 is 9.59 Å². The first-order valence-electron chi connectivity index (χ1n) is 11.8. The topological polar surface area (TPSA) is 52.7 Å². The number of fused-ring (bicyclic) bond motifs is 1. The van der Waals surface area contributed by atoms with Crippen LogP contribution in [0.4, 0.5) is 0 Å². The number of likely N-dealkylation sites (tertiary alicyclic amines) is 1. The number of amides is 2. The zero-order valence-corrected chi connectivity index (χ0v) is 18.5. The molecule has 2 amide bonds. The number of rotatable bonds is 5. The Morgan fingerprint density at radius 1 is 1.10 bits per heavy atom. The van der Waals surface area contributed by atoms with Crippen molar-refractivity contribution in [1.82, 2.24) is 15.1 Å². The fourth-order valence-electron chi connectivity index (χ4n) is 5.99. The van der Waals surface area contributed by atoms with Gasteiger partial charge in [-0.15, -0.1) is 0 Å². The maximum absolute atomic E-state index is 13.1. The van der Waals surface area contributed by atoms with Gasteiger partial charge in [-0.25, -0.2) is 0 Å². The smallest absolute Gasteiger partial charge is 0.224 e. The third kappa shape index (κ3) is 5.23. The molecule has 1 atom stereocenters. The number of carbonyl (C=O) groups excluding carboxylic acids is 2. The summed E-state index contributed by atoms with van der Waals surface area (Å²) in [7, 11) is 0. The maximum Gasteiger partial charge on any atom is 0.224 e. The van der Waals surface area contributed by atoms with E-state index in [4.69, 9.17) is 0 Å². The van der Waals surface area contributed by atoms with Gasteiger partial charge in [-0.2, -0.15) is 0 Å². The molecule has 2 aliphatic heterocycles. The van der Waals surface area contributed by atoms with Crippen LogP contribution in [-0.4, -0.2) is 54.3 Å². The number of hydrogen-bond acceptors (Lipinski definition) is 3. The number of piperidine rings is 1. The molecule has 1 aromatic carbocycles. The van der Waals surface area contributed by atoms with Gasteiger partial charge < -0.3 is 15.1 Å². The quantitative estimate of drug-likeness (QED) is 0.808. The molecule has 1 spiro atoms. The van der Waals surface area contributed by atoms with Crippen LogP contribution in [-0.2, 0) is 22.6 Å². The summed E-state index contributed by atoms with van der Waals surface area (Å²) in [6.07, 6.45) is 9.44. The van der Waals surface area contributed by atoms with Crippen molar-refractivity contribution in [1.29, 1.82) is 0 Å². The summed E-state index contributed by atoms with van der Waals surface area (Å²) in [6.45, 7) is 7.00. The summed E-state index contributed by atoms with van der Waals surface area (Å²) >= 11 is 0. The average Bonchev–Trinajstić information content (AvgIpc) is 3.16. The number of nitrogens with one attached hydrogen (secondary N) is 1. The van der Waals surface area contributed by atoms with E-state index in [1.807, 2.05) is 0 Å². The van der Waals surface area contributed by atoms with Gasteiger partial charge in [0.15, 0.2) is 0 Å². The van der Waals surface area contributed by atoms with E-state index in [9.17, 15) is 9.59 Å². The van der Waals surface area contributed by atoms with Crippen molar-refractivity contribution in [3.8, 4) is 0 Å². The van der Waals surface area contributed by atoms with Gasteiger partial charge in [-0.1, -0.05) is 37.1 Å². The summed E-state index contributed by atoms with van der Waals surface area (Å²) < 4.78 is 0. The molecule has 5 heteroatoms. The molecule has 3 aliphatic rings. The van der Waals surface area contributed by atoms with Gasteiger partial charge in [0.1, 0.15) is 0 Å². The van der Waals surface area contributed by atoms with Gasteiger partial charge in [0, 0.05) is 51.5 Å². The Morgan fingerprint density at radius 3 is 2.63 bits per heavy atom. The highest BCUT2D eigenvalue weighted by Gasteiger charge is 2.41. The standard InChI is InChI=1S/C25H37N3O2/c1-20(29)26-13-11-24(30)28-17-23-10-5-4-9-22(23)15-25(19-28)12-6-14-27(18-25)16-21-7-2-3-8-21/h4-5,9-10,21H,2-3,6-8,11-19H2,1H3,(H,26,29). The maximum atomic E-state index is 13.1. The molecule has 0 bridgehead atoms. The zero-order valence-electron chi connectivity index (χ0n) is 18.5. The molecule has 5 nitrogen and oxygen atoms in total. The van der Waals surface area contributed by atoms with Crippen molar-refractivity contribution in [2.75, 3.05) is 32.7 Å². The van der Waals surface area contributed by atoms with E-state index in [1.54, 1.807) is 0 Å². The second kappa shape index (κ2) is 9.51. The number of benzene rings is 1. The van der Waals surface area contributed by atoms with Gasteiger partial charge in [0.2, 0.25) is 11.8 Å². The summed E-state index contributed by atoms with van der Waals surface area (Å²) in [5, 5.41) is 2.77. The van der Waals surface area contributed by atoms with E-state index in [2.05, 4.69) is 39.4 Å². The molecule has 1 saturated carbocycles. The first kappa shape index (κ1) is 21.4. The Balaban J connectivity index is 1.50. The molecule has 0 aromatic heterocycles. The van der Waals surface area contributed by atoms with Crippen molar-refractivity contribution in [2.24, 2.45) is 11.3 Å². The van der Waals surface area contributed by atoms with Gasteiger partial charge >= 0.3 is 0 Å². The highest BCUT2D eigenvalue weighted by Crippen LogP contribution is 2.39. The molecule has 2 heterocycles. The molecule has 1 unspecified atom stereocenters. The first-order valence-corrected chi connectivity index (χ1v) is 11.8. The average molecular weight is 412 g/mol. The monoisotopic (exact) mass is 411 g/mol.